The Kier molecular flexibility index (Phi) is 4.67. The zero-order valence-electron chi connectivity index (χ0n) is 12.7. The third kappa shape index (κ3) is 3.57. The summed E-state index contributed by atoms with van der Waals surface area (Å²) in [6, 6.07) is 8.40. The van der Waals surface area contributed by atoms with E-state index in [2.05, 4.69) is 20.2 Å². The van der Waals surface area contributed by atoms with Gasteiger partial charge in [-0.15, -0.1) is 0 Å². The van der Waals surface area contributed by atoms with Gasteiger partial charge in [0.05, 0.1) is 5.69 Å². The third-order valence-corrected chi connectivity index (χ3v) is 4.16. The quantitative estimate of drug-likeness (QED) is 0.940. The van der Waals surface area contributed by atoms with E-state index in [0.29, 0.717) is 11.6 Å². The number of nitrogens with one attached hydrogen (secondary N) is 1. The van der Waals surface area contributed by atoms with Crippen molar-refractivity contribution in [2.75, 3.05) is 29.9 Å². The minimum absolute atomic E-state index is 0.0858. The van der Waals surface area contributed by atoms with Gasteiger partial charge in [-0.2, -0.15) is 5.26 Å². The Morgan fingerprint density at radius 2 is 1.96 bits per heavy atom. The van der Waals surface area contributed by atoms with Gasteiger partial charge < -0.3 is 10.2 Å². The summed E-state index contributed by atoms with van der Waals surface area (Å²) in [5.74, 6) is 0.786. The molecule has 23 heavy (non-hydrogen) atoms. The van der Waals surface area contributed by atoms with Crippen molar-refractivity contribution in [2.24, 2.45) is 5.92 Å². The highest BCUT2D eigenvalue weighted by atomic mass is 19.1. The minimum Gasteiger partial charge on any atom is -0.384 e. The van der Waals surface area contributed by atoms with E-state index in [0.717, 1.165) is 38.4 Å². The summed E-state index contributed by atoms with van der Waals surface area (Å²) in [4.78, 5) is 10.7. The largest absolute Gasteiger partial charge is 0.384 e. The normalized spacial score (nSPS) is 15.2. The molecule has 0 saturated carbocycles. The van der Waals surface area contributed by atoms with Gasteiger partial charge in [0.25, 0.3) is 0 Å². The summed E-state index contributed by atoms with van der Waals surface area (Å²) in [5, 5.41) is 12.3. The molecule has 3 rings (SSSR count). The first-order chi connectivity index (χ1) is 11.3. The molecule has 118 valence electrons. The SMILES string of the molecule is N#Cc1c(F)cccc1NCC1CCN(c2ncccn2)CC1. The molecule has 0 radical (unpaired) electrons. The summed E-state index contributed by atoms with van der Waals surface area (Å²) >= 11 is 0. The van der Waals surface area contributed by atoms with Crippen LogP contribution in [0.1, 0.15) is 18.4 Å². The summed E-state index contributed by atoms with van der Waals surface area (Å²) in [7, 11) is 0. The van der Waals surface area contributed by atoms with Crippen molar-refractivity contribution in [1.82, 2.24) is 9.97 Å². The average molecular weight is 311 g/mol. The second-order valence-electron chi connectivity index (χ2n) is 5.63. The van der Waals surface area contributed by atoms with E-state index >= 15 is 0 Å². The fourth-order valence-corrected chi connectivity index (χ4v) is 2.83. The lowest BCUT2D eigenvalue weighted by Gasteiger charge is -2.32. The molecule has 1 aliphatic rings. The number of benzene rings is 1. The van der Waals surface area contributed by atoms with Crippen molar-refractivity contribution in [3.8, 4) is 6.07 Å². The first-order valence-electron chi connectivity index (χ1n) is 7.72. The van der Waals surface area contributed by atoms with Crippen LogP contribution in [0.4, 0.5) is 16.0 Å². The highest BCUT2D eigenvalue weighted by Crippen LogP contribution is 2.23. The molecule has 1 aliphatic heterocycles. The lowest BCUT2D eigenvalue weighted by Crippen LogP contribution is -2.36. The molecular formula is C17H18FN5. The topological polar surface area (TPSA) is 64.8 Å². The van der Waals surface area contributed by atoms with Crippen LogP contribution in [0.15, 0.2) is 36.7 Å². The van der Waals surface area contributed by atoms with E-state index < -0.39 is 5.82 Å². The number of aromatic nitrogens is 2. The molecule has 1 saturated heterocycles. The van der Waals surface area contributed by atoms with Gasteiger partial charge in [0, 0.05) is 32.0 Å². The molecule has 6 heteroatoms. The van der Waals surface area contributed by atoms with E-state index in [-0.39, 0.29) is 5.56 Å². The molecule has 0 unspecified atom stereocenters. The molecule has 0 bridgehead atoms. The van der Waals surface area contributed by atoms with Crippen LogP contribution in [0.3, 0.4) is 0 Å². The molecule has 0 spiro atoms. The molecule has 1 aromatic carbocycles. The molecule has 1 N–H and O–H groups in total. The Morgan fingerprint density at radius 3 is 2.65 bits per heavy atom. The van der Waals surface area contributed by atoms with Gasteiger partial charge in [-0.1, -0.05) is 6.07 Å². The molecule has 0 aliphatic carbocycles. The maximum Gasteiger partial charge on any atom is 0.225 e. The molecule has 0 atom stereocenters. The van der Waals surface area contributed by atoms with Crippen molar-refractivity contribution in [3.05, 3.63) is 48.0 Å². The molecule has 5 nitrogen and oxygen atoms in total. The summed E-state index contributed by atoms with van der Waals surface area (Å²) in [5.41, 5.74) is 0.656. The van der Waals surface area contributed by atoms with E-state index in [1.165, 1.54) is 6.07 Å². The predicted molar refractivity (Wildman–Crippen MR) is 86.6 cm³/mol. The number of rotatable bonds is 4. The molecule has 2 heterocycles. The number of halogens is 1. The number of anilines is 2. The molecule has 2 aromatic rings. The molecular weight excluding hydrogens is 293 g/mol. The third-order valence-electron chi connectivity index (χ3n) is 4.16. The fraction of sp³-hybridized carbons (Fsp3) is 0.353. The van der Waals surface area contributed by atoms with Crippen LogP contribution in [-0.2, 0) is 0 Å². The summed E-state index contributed by atoms with van der Waals surface area (Å²) in [6.45, 7) is 2.55. The van der Waals surface area contributed by atoms with Crippen LogP contribution >= 0.6 is 0 Å². The predicted octanol–water partition coefficient (Wildman–Crippen LogP) is 2.82. The highest BCUT2D eigenvalue weighted by Gasteiger charge is 2.21. The van der Waals surface area contributed by atoms with Gasteiger partial charge in [-0.3, -0.25) is 0 Å². The number of nitriles is 1. The van der Waals surface area contributed by atoms with Crippen LogP contribution < -0.4 is 10.2 Å². The standard InChI is InChI=1S/C17H18FN5/c18-15-3-1-4-16(14(15)11-19)22-12-13-5-9-23(10-6-13)17-20-7-2-8-21-17/h1-4,7-8,13,22H,5-6,9-10,12H2. The van der Waals surface area contributed by atoms with Gasteiger partial charge >= 0.3 is 0 Å². The van der Waals surface area contributed by atoms with Gasteiger partial charge in [0.2, 0.25) is 5.95 Å². The number of hydrogen-bond donors (Lipinski definition) is 1. The Labute approximate surface area is 134 Å². The van der Waals surface area contributed by atoms with Crippen molar-refractivity contribution < 1.29 is 4.39 Å². The molecule has 1 fully saturated rings. The summed E-state index contributed by atoms with van der Waals surface area (Å²) in [6.07, 6.45) is 5.54. The first-order valence-corrected chi connectivity index (χ1v) is 7.72. The van der Waals surface area contributed by atoms with Crippen LogP contribution in [0.25, 0.3) is 0 Å². The molecule has 0 amide bonds. The number of nitrogens with zero attached hydrogens (tertiary/aromatic N) is 4. The highest BCUT2D eigenvalue weighted by molar-refractivity contribution is 5.57. The Bertz CT molecular complexity index is 690. The van der Waals surface area contributed by atoms with Gasteiger partial charge in [0.15, 0.2) is 0 Å². The summed E-state index contributed by atoms with van der Waals surface area (Å²) < 4.78 is 13.6. The Hall–Kier alpha value is -2.68. The monoisotopic (exact) mass is 311 g/mol. The van der Waals surface area contributed by atoms with E-state index in [9.17, 15) is 4.39 Å². The molecule has 1 aromatic heterocycles. The van der Waals surface area contributed by atoms with Crippen LogP contribution in [0, 0.1) is 23.1 Å². The van der Waals surface area contributed by atoms with Crippen LogP contribution in [0.5, 0.6) is 0 Å². The Balaban J connectivity index is 1.54. The average Bonchev–Trinajstić information content (AvgIpc) is 2.61. The first kappa shape index (κ1) is 15.2. The second kappa shape index (κ2) is 7.05. The lowest BCUT2D eigenvalue weighted by atomic mass is 9.96. The van der Waals surface area contributed by atoms with E-state index in [1.54, 1.807) is 24.5 Å². The van der Waals surface area contributed by atoms with E-state index in [4.69, 9.17) is 5.26 Å². The van der Waals surface area contributed by atoms with Crippen molar-refractivity contribution >= 4 is 11.6 Å². The fourth-order valence-electron chi connectivity index (χ4n) is 2.83. The number of piperidine rings is 1. The van der Waals surface area contributed by atoms with Gasteiger partial charge in [-0.05, 0) is 37.0 Å². The van der Waals surface area contributed by atoms with Gasteiger partial charge in [-0.25, -0.2) is 14.4 Å². The van der Waals surface area contributed by atoms with Crippen molar-refractivity contribution in [2.45, 2.75) is 12.8 Å². The minimum atomic E-state index is -0.478. The second-order valence-corrected chi connectivity index (χ2v) is 5.63. The maximum absolute atomic E-state index is 13.6. The number of hydrogen-bond acceptors (Lipinski definition) is 5. The smallest absolute Gasteiger partial charge is 0.225 e. The van der Waals surface area contributed by atoms with Crippen molar-refractivity contribution in [3.63, 3.8) is 0 Å². The maximum atomic E-state index is 13.6. The van der Waals surface area contributed by atoms with Crippen LogP contribution in [-0.4, -0.2) is 29.6 Å². The lowest BCUT2D eigenvalue weighted by molar-refractivity contribution is 0.420. The van der Waals surface area contributed by atoms with E-state index in [1.807, 2.05) is 12.1 Å². The zero-order valence-corrected chi connectivity index (χ0v) is 12.7. The Morgan fingerprint density at radius 1 is 1.22 bits per heavy atom. The van der Waals surface area contributed by atoms with Gasteiger partial charge in [0.1, 0.15) is 17.4 Å². The zero-order chi connectivity index (χ0) is 16.1. The van der Waals surface area contributed by atoms with Crippen LogP contribution in [0.2, 0.25) is 0 Å². The van der Waals surface area contributed by atoms with Crippen molar-refractivity contribution in [1.29, 1.82) is 5.26 Å².